The minimum absolute atomic E-state index is 0.470. The molecule has 1 aromatic rings. The number of nitrogens with one attached hydrogen (secondary N) is 1. The van der Waals surface area contributed by atoms with Crippen LogP contribution in [0.1, 0.15) is 30.4 Å². The summed E-state index contributed by atoms with van der Waals surface area (Å²) < 4.78 is 5.71. The fraction of sp³-hybridized carbons (Fsp3) is 0.600. The second-order valence-electron chi connectivity index (χ2n) is 5.05. The number of hydrogen-bond donors (Lipinski definition) is 1. The van der Waals surface area contributed by atoms with E-state index in [2.05, 4.69) is 43.6 Å². The highest BCUT2D eigenvalue weighted by atomic mass is 16.5. The standard InChI is InChI=1S/C15H23NO/c1-12-5-3-6-13(9-12)10-14(16-2)11-15-7-4-8-17-15/h3,5-6,9,14-16H,4,7-8,10-11H2,1-2H3. The lowest BCUT2D eigenvalue weighted by molar-refractivity contribution is 0.0954. The quantitative estimate of drug-likeness (QED) is 0.844. The van der Waals surface area contributed by atoms with E-state index in [4.69, 9.17) is 4.74 Å². The van der Waals surface area contributed by atoms with E-state index in [-0.39, 0.29) is 0 Å². The van der Waals surface area contributed by atoms with Crippen molar-refractivity contribution in [2.75, 3.05) is 13.7 Å². The maximum absolute atomic E-state index is 5.71. The SMILES string of the molecule is CNC(Cc1cccc(C)c1)CC1CCCO1. The zero-order chi connectivity index (χ0) is 12.1. The predicted octanol–water partition coefficient (Wildman–Crippen LogP) is 2.69. The molecule has 0 bridgehead atoms. The molecule has 2 nitrogen and oxygen atoms in total. The summed E-state index contributed by atoms with van der Waals surface area (Å²) in [6, 6.07) is 9.31. The number of likely N-dealkylation sites (N-methyl/N-ethyl adjacent to an activating group) is 1. The van der Waals surface area contributed by atoms with Crippen LogP contribution in [0.5, 0.6) is 0 Å². The molecule has 94 valence electrons. The van der Waals surface area contributed by atoms with Crippen LogP contribution in [0.4, 0.5) is 0 Å². The van der Waals surface area contributed by atoms with Crippen molar-refractivity contribution in [3.05, 3.63) is 35.4 Å². The summed E-state index contributed by atoms with van der Waals surface area (Å²) in [5.74, 6) is 0. The molecule has 0 amide bonds. The molecule has 17 heavy (non-hydrogen) atoms. The van der Waals surface area contributed by atoms with Gasteiger partial charge in [-0.3, -0.25) is 0 Å². The second kappa shape index (κ2) is 6.18. The van der Waals surface area contributed by atoms with Crippen molar-refractivity contribution in [2.45, 2.75) is 44.8 Å². The molecular formula is C15H23NO. The van der Waals surface area contributed by atoms with E-state index in [1.165, 1.54) is 24.0 Å². The third-order valence-electron chi connectivity index (χ3n) is 3.54. The maximum atomic E-state index is 5.71. The molecule has 1 aliphatic rings. The molecule has 1 saturated heterocycles. The average Bonchev–Trinajstić information content (AvgIpc) is 2.81. The van der Waals surface area contributed by atoms with E-state index >= 15 is 0 Å². The van der Waals surface area contributed by atoms with Gasteiger partial charge in [-0.2, -0.15) is 0 Å². The molecule has 0 spiro atoms. The lowest BCUT2D eigenvalue weighted by Crippen LogP contribution is -2.31. The minimum Gasteiger partial charge on any atom is -0.378 e. The fourth-order valence-corrected chi connectivity index (χ4v) is 2.57. The van der Waals surface area contributed by atoms with Crippen LogP contribution in [0.15, 0.2) is 24.3 Å². The molecule has 1 heterocycles. The van der Waals surface area contributed by atoms with Gasteiger partial charge in [0.2, 0.25) is 0 Å². The molecule has 0 saturated carbocycles. The lowest BCUT2D eigenvalue weighted by atomic mass is 9.98. The van der Waals surface area contributed by atoms with Crippen LogP contribution in [0.3, 0.4) is 0 Å². The highest BCUT2D eigenvalue weighted by molar-refractivity contribution is 5.23. The number of aryl methyl sites for hydroxylation is 1. The first-order valence-corrected chi connectivity index (χ1v) is 6.62. The summed E-state index contributed by atoms with van der Waals surface area (Å²) in [7, 11) is 2.05. The normalized spacial score (nSPS) is 21.6. The number of benzene rings is 1. The van der Waals surface area contributed by atoms with Gasteiger partial charge in [0.15, 0.2) is 0 Å². The predicted molar refractivity (Wildman–Crippen MR) is 71.3 cm³/mol. The van der Waals surface area contributed by atoms with E-state index in [0.717, 1.165) is 19.4 Å². The number of rotatable bonds is 5. The molecular weight excluding hydrogens is 210 g/mol. The van der Waals surface area contributed by atoms with Crippen molar-refractivity contribution in [2.24, 2.45) is 0 Å². The van der Waals surface area contributed by atoms with Gasteiger partial charge < -0.3 is 10.1 Å². The van der Waals surface area contributed by atoms with Gasteiger partial charge in [-0.1, -0.05) is 29.8 Å². The van der Waals surface area contributed by atoms with E-state index < -0.39 is 0 Å². The Kier molecular flexibility index (Phi) is 4.57. The Bertz CT molecular complexity index is 345. The van der Waals surface area contributed by atoms with Crippen LogP contribution in [0, 0.1) is 6.92 Å². The zero-order valence-electron chi connectivity index (χ0n) is 10.9. The average molecular weight is 233 g/mol. The summed E-state index contributed by atoms with van der Waals surface area (Å²) in [6.45, 7) is 3.10. The summed E-state index contributed by atoms with van der Waals surface area (Å²) in [5, 5.41) is 3.42. The van der Waals surface area contributed by atoms with Crippen LogP contribution in [-0.4, -0.2) is 25.8 Å². The fourth-order valence-electron chi connectivity index (χ4n) is 2.57. The van der Waals surface area contributed by atoms with Crippen molar-refractivity contribution in [1.29, 1.82) is 0 Å². The Labute approximate surface area is 104 Å². The maximum Gasteiger partial charge on any atom is 0.0590 e. The van der Waals surface area contributed by atoms with E-state index in [1.54, 1.807) is 0 Å². The molecule has 2 unspecified atom stereocenters. The van der Waals surface area contributed by atoms with Crippen molar-refractivity contribution in [3.8, 4) is 0 Å². The van der Waals surface area contributed by atoms with Gasteiger partial charge in [0.25, 0.3) is 0 Å². The Hall–Kier alpha value is -0.860. The lowest BCUT2D eigenvalue weighted by Gasteiger charge is -2.20. The van der Waals surface area contributed by atoms with Gasteiger partial charge in [0.1, 0.15) is 0 Å². The van der Waals surface area contributed by atoms with E-state index in [0.29, 0.717) is 12.1 Å². The highest BCUT2D eigenvalue weighted by Gasteiger charge is 2.20. The molecule has 0 aromatic heterocycles. The van der Waals surface area contributed by atoms with Crippen molar-refractivity contribution in [1.82, 2.24) is 5.32 Å². The summed E-state index contributed by atoms with van der Waals surface area (Å²) in [6.07, 6.45) is 5.15. The van der Waals surface area contributed by atoms with Crippen molar-refractivity contribution in [3.63, 3.8) is 0 Å². The molecule has 0 aliphatic carbocycles. The molecule has 1 aliphatic heterocycles. The zero-order valence-corrected chi connectivity index (χ0v) is 10.9. The van der Waals surface area contributed by atoms with Crippen molar-refractivity contribution < 1.29 is 4.74 Å². The minimum atomic E-state index is 0.470. The Morgan fingerprint density at radius 1 is 1.47 bits per heavy atom. The molecule has 2 rings (SSSR count). The molecule has 1 aromatic carbocycles. The van der Waals surface area contributed by atoms with Crippen LogP contribution < -0.4 is 5.32 Å². The number of ether oxygens (including phenoxy) is 1. The molecule has 1 fully saturated rings. The van der Waals surface area contributed by atoms with Gasteiger partial charge in [-0.05, 0) is 45.2 Å². The first-order chi connectivity index (χ1) is 8.28. The van der Waals surface area contributed by atoms with Crippen LogP contribution in [0.2, 0.25) is 0 Å². The summed E-state index contributed by atoms with van der Waals surface area (Å²) in [4.78, 5) is 0. The Morgan fingerprint density at radius 3 is 3.00 bits per heavy atom. The molecule has 2 atom stereocenters. The summed E-state index contributed by atoms with van der Waals surface area (Å²) >= 11 is 0. The first-order valence-electron chi connectivity index (χ1n) is 6.62. The van der Waals surface area contributed by atoms with Crippen molar-refractivity contribution >= 4 is 0 Å². The first kappa shape index (κ1) is 12.6. The molecule has 0 radical (unpaired) electrons. The van der Waals surface area contributed by atoms with Crippen LogP contribution in [-0.2, 0) is 11.2 Å². The van der Waals surface area contributed by atoms with Gasteiger partial charge in [0.05, 0.1) is 6.10 Å². The highest BCUT2D eigenvalue weighted by Crippen LogP contribution is 2.19. The van der Waals surface area contributed by atoms with E-state index in [9.17, 15) is 0 Å². The molecule has 2 heteroatoms. The third-order valence-corrected chi connectivity index (χ3v) is 3.54. The van der Waals surface area contributed by atoms with Gasteiger partial charge in [0, 0.05) is 12.6 Å². The smallest absolute Gasteiger partial charge is 0.0590 e. The Balaban J connectivity index is 1.90. The van der Waals surface area contributed by atoms with E-state index in [1.807, 2.05) is 0 Å². The Morgan fingerprint density at radius 2 is 2.35 bits per heavy atom. The van der Waals surface area contributed by atoms with Gasteiger partial charge >= 0.3 is 0 Å². The van der Waals surface area contributed by atoms with Gasteiger partial charge in [-0.15, -0.1) is 0 Å². The van der Waals surface area contributed by atoms with Gasteiger partial charge in [-0.25, -0.2) is 0 Å². The largest absolute Gasteiger partial charge is 0.378 e. The second-order valence-corrected chi connectivity index (χ2v) is 5.05. The topological polar surface area (TPSA) is 21.3 Å². The molecule has 1 N–H and O–H groups in total. The van der Waals surface area contributed by atoms with Crippen LogP contribution >= 0.6 is 0 Å². The monoisotopic (exact) mass is 233 g/mol. The summed E-state index contributed by atoms with van der Waals surface area (Å²) in [5.41, 5.74) is 2.76. The number of hydrogen-bond acceptors (Lipinski definition) is 2. The third kappa shape index (κ3) is 3.83. The van der Waals surface area contributed by atoms with Crippen LogP contribution in [0.25, 0.3) is 0 Å².